The maximum absolute atomic E-state index is 14.2. The van der Waals surface area contributed by atoms with Gasteiger partial charge >= 0.3 is 0 Å². The molecule has 1 heterocycles. The molecule has 3 aromatic rings. The topological polar surface area (TPSA) is 37.6 Å². The molecule has 0 fully saturated rings. The molecule has 6 heteroatoms. The molecule has 0 bridgehead atoms. The Morgan fingerprint density at radius 2 is 2.00 bits per heavy atom. The van der Waals surface area contributed by atoms with E-state index in [2.05, 4.69) is 25.1 Å². The lowest BCUT2D eigenvalue weighted by Gasteiger charge is -2.20. The molecule has 0 saturated heterocycles. The highest BCUT2D eigenvalue weighted by molar-refractivity contribution is 7.22. The zero-order chi connectivity index (χ0) is 18.7. The van der Waals surface area contributed by atoms with Gasteiger partial charge in [0.25, 0.3) is 5.91 Å². The van der Waals surface area contributed by atoms with Gasteiger partial charge in [-0.3, -0.25) is 9.69 Å². The van der Waals surface area contributed by atoms with Gasteiger partial charge in [0.1, 0.15) is 5.82 Å². The Bertz CT molecular complexity index is 922. The molecule has 26 heavy (non-hydrogen) atoms. The van der Waals surface area contributed by atoms with Crippen LogP contribution in [0.4, 0.5) is 9.52 Å². The number of carbonyl (C=O) groups excluding carboxylic acids is 1. The first-order chi connectivity index (χ1) is 12.5. The molecule has 0 aliphatic rings. The number of anilines is 1. The molecular weight excluding hydrogens is 349 g/mol. The van der Waals surface area contributed by atoms with Crippen LogP contribution in [0.5, 0.6) is 0 Å². The van der Waals surface area contributed by atoms with Crippen LogP contribution in [0, 0.1) is 12.7 Å². The summed E-state index contributed by atoms with van der Waals surface area (Å²) < 4.78 is 15.2. The number of rotatable bonds is 6. The third-order valence-corrected chi connectivity index (χ3v) is 5.21. The Kier molecular flexibility index (Phi) is 5.64. The van der Waals surface area contributed by atoms with E-state index in [1.165, 1.54) is 28.4 Å². The fourth-order valence-electron chi connectivity index (χ4n) is 2.79. The van der Waals surface area contributed by atoms with E-state index < -0.39 is 5.82 Å². The van der Waals surface area contributed by atoms with E-state index in [-0.39, 0.29) is 11.5 Å². The molecule has 2 aromatic carbocycles. The van der Waals surface area contributed by atoms with Crippen LogP contribution in [-0.2, 0) is 0 Å². The molecular formula is C20H23FN3OS+. The van der Waals surface area contributed by atoms with E-state index in [0.29, 0.717) is 11.7 Å². The minimum atomic E-state index is -0.502. The average Bonchev–Trinajstić information content (AvgIpc) is 3.01. The predicted octanol–water partition coefficient (Wildman–Crippen LogP) is 2.93. The quantitative estimate of drug-likeness (QED) is 0.722. The molecule has 0 radical (unpaired) electrons. The van der Waals surface area contributed by atoms with E-state index in [1.54, 1.807) is 17.0 Å². The lowest BCUT2D eigenvalue weighted by Crippen LogP contribution is -3.05. The van der Waals surface area contributed by atoms with Crippen LogP contribution in [0.1, 0.15) is 22.3 Å². The number of quaternary nitrogens is 1. The number of amides is 1. The molecule has 0 atom stereocenters. The minimum absolute atomic E-state index is 0.0835. The van der Waals surface area contributed by atoms with Gasteiger partial charge in [0.05, 0.1) is 36.4 Å². The first-order valence-corrected chi connectivity index (χ1v) is 9.50. The van der Waals surface area contributed by atoms with Crippen molar-refractivity contribution in [3.63, 3.8) is 0 Å². The SMILES string of the molecule is Cc1ccc2nc(N(CCC[NH+](C)C)C(=O)c3ccccc3F)sc2c1. The number of hydrogen-bond donors (Lipinski definition) is 1. The van der Waals surface area contributed by atoms with Crippen LogP contribution in [0.3, 0.4) is 0 Å². The second kappa shape index (κ2) is 7.93. The Morgan fingerprint density at radius 3 is 2.73 bits per heavy atom. The number of carbonyl (C=O) groups is 1. The van der Waals surface area contributed by atoms with Crippen molar-refractivity contribution in [3.8, 4) is 0 Å². The summed E-state index contributed by atoms with van der Waals surface area (Å²) in [5, 5.41) is 0.618. The Hall–Kier alpha value is -2.31. The van der Waals surface area contributed by atoms with Crippen molar-refractivity contribution < 1.29 is 14.1 Å². The highest BCUT2D eigenvalue weighted by Crippen LogP contribution is 2.30. The van der Waals surface area contributed by atoms with Gasteiger partial charge in [-0.25, -0.2) is 9.37 Å². The number of halogens is 1. The summed E-state index contributed by atoms with van der Waals surface area (Å²) in [5.41, 5.74) is 2.09. The third-order valence-electron chi connectivity index (χ3n) is 4.17. The highest BCUT2D eigenvalue weighted by atomic mass is 32.1. The average molecular weight is 372 g/mol. The molecule has 3 rings (SSSR count). The second-order valence-corrected chi connectivity index (χ2v) is 7.72. The number of aromatic nitrogens is 1. The van der Waals surface area contributed by atoms with Gasteiger partial charge < -0.3 is 4.90 Å². The van der Waals surface area contributed by atoms with Gasteiger partial charge in [0, 0.05) is 13.0 Å². The van der Waals surface area contributed by atoms with Crippen molar-refractivity contribution in [1.29, 1.82) is 0 Å². The van der Waals surface area contributed by atoms with Crippen molar-refractivity contribution in [2.75, 3.05) is 32.1 Å². The third kappa shape index (κ3) is 4.08. The van der Waals surface area contributed by atoms with Gasteiger partial charge in [-0.15, -0.1) is 0 Å². The van der Waals surface area contributed by atoms with Crippen molar-refractivity contribution in [3.05, 3.63) is 59.4 Å². The largest absolute Gasteiger partial charge is 0.340 e. The van der Waals surface area contributed by atoms with Crippen LogP contribution in [0.25, 0.3) is 10.2 Å². The molecule has 0 spiro atoms. The van der Waals surface area contributed by atoms with Crippen LogP contribution in [0.2, 0.25) is 0 Å². The van der Waals surface area contributed by atoms with Crippen molar-refractivity contribution in [1.82, 2.24) is 4.98 Å². The number of hydrogen-bond acceptors (Lipinski definition) is 3. The Balaban J connectivity index is 1.96. The summed E-state index contributed by atoms with van der Waals surface area (Å²) in [5.74, 6) is -0.842. The first-order valence-electron chi connectivity index (χ1n) is 8.68. The zero-order valence-corrected chi connectivity index (χ0v) is 16.1. The molecule has 1 amide bonds. The summed E-state index contributed by atoms with van der Waals surface area (Å²) in [6.07, 6.45) is 0.817. The lowest BCUT2D eigenvalue weighted by atomic mass is 10.2. The van der Waals surface area contributed by atoms with Gasteiger partial charge in [-0.2, -0.15) is 0 Å². The fourth-order valence-corrected chi connectivity index (χ4v) is 3.88. The summed E-state index contributed by atoms with van der Waals surface area (Å²) in [4.78, 5) is 20.6. The van der Waals surface area contributed by atoms with E-state index in [0.717, 1.165) is 28.7 Å². The molecule has 4 nitrogen and oxygen atoms in total. The predicted molar refractivity (Wildman–Crippen MR) is 105 cm³/mol. The van der Waals surface area contributed by atoms with Crippen molar-refractivity contribution in [2.45, 2.75) is 13.3 Å². The summed E-state index contributed by atoms with van der Waals surface area (Å²) in [6.45, 7) is 3.46. The molecule has 1 aromatic heterocycles. The molecule has 0 aliphatic heterocycles. The van der Waals surface area contributed by atoms with Crippen LogP contribution in [0.15, 0.2) is 42.5 Å². The fraction of sp³-hybridized carbons (Fsp3) is 0.300. The van der Waals surface area contributed by atoms with Gasteiger partial charge in [-0.1, -0.05) is 29.5 Å². The van der Waals surface area contributed by atoms with E-state index in [1.807, 2.05) is 19.1 Å². The smallest absolute Gasteiger partial charge is 0.263 e. The van der Waals surface area contributed by atoms with Gasteiger partial charge in [0.2, 0.25) is 0 Å². The van der Waals surface area contributed by atoms with Crippen molar-refractivity contribution >= 4 is 32.6 Å². The van der Waals surface area contributed by atoms with Crippen LogP contribution in [-0.4, -0.2) is 38.1 Å². The molecule has 136 valence electrons. The number of fused-ring (bicyclic) bond motifs is 1. The van der Waals surface area contributed by atoms with Gasteiger partial charge in [0.15, 0.2) is 5.13 Å². The number of thiazole rings is 1. The highest BCUT2D eigenvalue weighted by Gasteiger charge is 2.23. The number of benzene rings is 2. The zero-order valence-electron chi connectivity index (χ0n) is 15.3. The second-order valence-electron chi connectivity index (χ2n) is 6.71. The Labute approximate surface area is 156 Å². The van der Waals surface area contributed by atoms with E-state index in [9.17, 15) is 9.18 Å². The molecule has 0 unspecified atom stereocenters. The number of nitrogens with zero attached hydrogens (tertiary/aromatic N) is 2. The molecule has 1 N–H and O–H groups in total. The van der Waals surface area contributed by atoms with E-state index >= 15 is 0 Å². The minimum Gasteiger partial charge on any atom is -0.340 e. The monoisotopic (exact) mass is 372 g/mol. The summed E-state index contributed by atoms with van der Waals surface area (Å²) >= 11 is 1.47. The molecule has 0 aliphatic carbocycles. The lowest BCUT2D eigenvalue weighted by molar-refractivity contribution is -0.858. The van der Waals surface area contributed by atoms with Crippen LogP contribution >= 0.6 is 11.3 Å². The maximum Gasteiger partial charge on any atom is 0.263 e. The van der Waals surface area contributed by atoms with Gasteiger partial charge in [-0.05, 0) is 36.8 Å². The van der Waals surface area contributed by atoms with Crippen LogP contribution < -0.4 is 9.80 Å². The van der Waals surface area contributed by atoms with Crippen molar-refractivity contribution in [2.24, 2.45) is 0 Å². The standard InChI is InChI=1S/C20H22FN3OS/c1-14-9-10-17-18(13-14)26-20(22-17)24(12-6-11-23(2)3)19(25)15-7-4-5-8-16(15)21/h4-5,7-10,13H,6,11-12H2,1-3H3/p+1. The summed E-state index contributed by atoms with van der Waals surface area (Å²) in [6, 6.07) is 12.1. The summed E-state index contributed by atoms with van der Waals surface area (Å²) in [7, 11) is 4.15. The van der Waals surface area contributed by atoms with E-state index in [4.69, 9.17) is 0 Å². The number of nitrogens with one attached hydrogen (secondary N) is 1. The normalized spacial score (nSPS) is 11.3. The maximum atomic E-state index is 14.2. The molecule has 0 saturated carbocycles. The Morgan fingerprint density at radius 1 is 1.23 bits per heavy atom. The number of aryl methyl sites for hydroxylation is 1. The first kappa shape index (κ1) is 18.5.